The molecule has 1 aromatic heterocycles. The van der Waals surface area contributed by atoms with Crippen molar-refractivity contribution < 1.29 is 9.11 Å². The highest BCUT2D eigenvalue weighted by Crippen LogP contribution is 2.39. The summed E-state index contributed by atoms with van der Waals surface area (Å²) < 4.78 is 20.8. The van der Waals surface area contributed by atoms with E-state index in [0.29, 0.717) is 4.90 Å². The second-order valence-corrected chi connectivity index (χ2v) is 7.19. The third kappa shape index (κ3) is 3.30. The smallest absolute Gasteiger partial charge is 0.0930 e. The minimum atomic E-state index is -3.18. The Balaban J connectivity index is 1.96. The Bertz CT molecular complexity index is 819. The molecule has 23 heavy (non-hydrogen) atoms. The average molecular weight is 329 g/mol. The molecule has 3 rings (SSSR count). The fourth-order valence-corrected chi connectivity index (χ4v) is 2.93. The summed E-state index contributed by atoms with van der Waals surface area (Å²) in [5.74, 6) is 0. The number of aromatic nitrogens is 2. The van der Waals surface area contributed by atoms with E-state index < -0.39 is 10.8 Å². The summed E-state index contributed by atoms with van der Waals surface area (Å²) in [7, 11) is -3.18. The van der Waals surface area contributed by atoms with Crippen LogP contribution in [0.4, 0.5) is 0 Å². The van der Waals surface area contributed by atoms with Gasteiger partial charge in [0, 0.05) is 11.3 Å². The molecule has 0 aliphatic heterocycles. The van der Waals surface area contributed by atoms with Crippen molar-refractivity contribution in [1.82, 2.24) is 9.78 Å². The fourth-order valence-electron chi connectivity index (χ4n) is 2.39. The number of nitrogens with zero attached hydrogens (tertiary/aromatic N) is 2. The summed E-state index contributed by atoms with van der Waals surface area (Å²) in [4.78, 5) is 0.310. The van der Waals surface area contributed by atoms with Crippen molar-refractivity contribution in [2.45, 2.75) is 18.7 Å². The first-order chi connectivity index (χ1) is 10.8. The van der Waals surface area contributed by atoms with E-state index in [9.17, 15) is 9.11 Å². The van der Waals surface area contributed by atoms with Crippen molar-refractivity contribution in [1.29, 1.82) is 0 Å². The monoisotopic (exact) mass is 329 g/mol. The van der Waals surface area contributed by atoms with Crippen LogP contribution in [-0.4, -0.2) is 18.9 Å². The first-order valence-electron chi connectivity index (χ1n) is 7.15. The molecule has 0 unspecified atom stereocenters. The summed E-state index contributed by atoms with van der Waals surface area (Å²) in [5, 5.41) is 9.98. The molecule has 0 amide bonds. The molecule has 0 saturated carbocycles. The van der Waals surface area contributed by atoms with Crippen LogP contribution in [0, 0.1) is 13.8 Å². The van der Waals surface area contributed by atoms with Crippen LogP contribution >= 0.6 is 10.8 Å². The predicted octanol–water partition coefficient (Wildman–Crippen LogP) is 4.14. The van der Waals surface area contributed by atoms with Crippen LogP contribution in [0.2, 0.25) is 0 Å². The highest BCUT2D eigenvalue weighted by Gasteiger charge is 2.11. The molecule has 0 fully saturated rings. The van der Waals surface area contributed by atoms with Crippen molar-refractivity contribution >= 4 is 10.8 Å². The molecule has 0 radical (unpaired) electrons. The molecule has 0 atom stereocenters. The summed E-state index contributed by atoms with van der Waals surface area (Å²) in [6, 6.07) is 17.0. The molecule has 120 valence electrons. The predicted molar refractivity (Wildman–Crippen MR) is 93.8 cm³/mol. The largest absolute Gasteiger partial charge is 0.282 e. The normalized spacial score (nSPS) is 12.4. The Kier molecular flexibility index (Phi) is 3.99. The zero-order chi connectivity index (χ0) is 16.6. The summed E-state index contributed by atoms with van der Waals surface area (Å²) in [6.07, 6.45) is 0. The first-order valence-corrected chi connectivity index (χ1v) is 8.76. The second kappa shape index (κ2) is 5.82. The van der Waals surface area contributed by atoms with Gasteiger partial charge in [-0.15, -0.1) is 10.8 Å². The molecule has 4 N–H and O–H groups in total. The summed E-state index contributed by atoms with van der Waals surface area (Å²) in [5.41, 5.74) is 5.00. The van der Waals surface area contributed by atoms with E-state index in [-0.39, 0.29) is 0 Å². The molecule has 5 nitrogen and oxygen atoms in total. The lowest BCUT2D eigenvalue weighted by Gasteiger charge is -2.26. The van der Waals surface area contributed by atoms with Crippen LogP contribution in [0.3, 0.4) is 0 Å². The number of hydrogen-bond donors (Lipinski definition) is 3. The van der Waals surface area contributed by atoms with Crippen molar-refractivity contribution in [2.75, 3.05) is 0 Å². The van der Waals surface area contributed by atoms with Gasteiger partial charge in [0.1, 0.15) is 0 Å². The third-order valence-corrected chi connectivity index (χ3v) is 4.63. The highest BCUT2D eigenvalue weighted by atomic mass is 32.3. The molecular weight excluding hydrogens is 310 g/mol. The number of nitrogens with two attached hydrogens (primary N) is 1. The Hall–Kier alpha value is -2.12. The van der Waals surface area contributed by atoms with E-state index in [1.165, 1.54) is 5.56 Å². The number of rotatable bonds is 3. The van der Waals surface area contributed by atoms with Crippen LogP contribution in [-0.2, 0) is 0 Å². The lowest BCUT2D eigenvalue weighted by Crippen LogP contribution is -2.08. The van der Waals surface area contributed by atoms with Gasteiger partial charge < -0.3 is 0 Å². The van der Waals surface area contributed by atoms with E-state index in [4.69, 9.17) is 5.14 Å². The zero-order valence-corrected chi connectivity index (χ0v) is 13.8. The SMILES string of the molecule is Cc1ccc(-c2cc(C)n(-c3ccc(S(N)(O)O)cc3)n2)cc1. The van der Waals surface area contributed by atoms with Crippen LogP contribution in [0.5, 0.6) is 0 Å². The Morgan fingerprint density at radius 2 is 1.57 bits per heavy atom. The van der Waals surface area contributed by atoms with Gasteiger partial charge in [0.25, 0.3) is 0 Å². The van der Waals surface area contributed by atoms with Gasteiger partial charge in [-0.25, -0.2) is 9.82 Å². The van der Waals surface area contributed by atoms with Gasteiger partial charge in [-0.1, -0.05) is 29.8 Å². The topological polar surface area (TPSA) is 84.3 Å². The van der Waals surface area contributed by atoms with Crippen molar-refractivity contribution in [3.63, 3.8) is 0 Å². The van der Waals surface area contributed by atoms with Crippen LogP contribution < -0.4 is 5.14 Å². The van der Waals surface area contributed by atoms with Gasteiger partial charge in [-0.05, 0) is 44.2 Å². The average Bonchev–Trinajstić information content (AvgIpc) is 2.89. The van der Waals surface area contributed by atoms with E-state index in [0.717, 1.165) is 22.6 Å². The second-order valence-electron chi connectivity index (χ2n) is 5.54. The summed E-state index contributed by atoms with van der Waals surface area (Å²) >= 11 is 0. The molecule has 6 heteroatoms. The Morgan fingerprint density at radius 3 is 2.13 bits per heavy atom. The molecule has 1 heterocycles. The van der Waals surface area contributed by atoms with Gasteiger partial charge in [-0.2, -0.15) is 5.10 Å². The quantitative estimate of drug-likeness (QED) is 0.674. The Labute approximate surface area is 136 Å². The maximum absolute atomic E-state index is 9.47. The van der Waals surface area contributed by atoms with Gasteiger partial charge in [0.2, 0.25) is 0 Å². The van der Waals surface area contributed by atoms with E-state index in [1.54, 1.807) is 24.3 Å². The number of hydrogen-bond acceptors (Lipinski definition) is 4. The minimum Gasteiger partial charge on any atom is -0.282 e. The molecule has 0 bridgehead atoms. The lowest BCUT2D eigenvalue weighted by atomic mass is 10.1. The van der Waals surface area contributed by atoms with E-state index >= 15 is 0 Å². The molecule has 0 aliphatic carbocycles. The van der Waals surface area contributed by atoms with Crippen LogP contribution in [0.15, 0.2) is 59.5 Å². The van der Waals surface area contributed by atoms with Gasteiger partial charge >= 0.3 is 0 Å². The molecule has 3 aromatic rings. The lowest BCUT2D eigenvalue weighted by molar-refractivity contribution is 0.489. The van der Waals surface area contributed by atoms with E-state index in [1.807, 2.05) is 29.8 Å². The maximum atomic E-state index is 9.47. The maximum Gasteiger partial charge on any atom is 0.0930 e. The molecular formula is C17H19N3O2S. The third-order valence-electron chi connectivity index (χ3n) is 3.66. The number of benzene rings is 2. The van der Waals surface area contributed by atoms with Gasteiger partial charge in [-0.3, -0.25) is 9.11 Å². The fraction of sp³-hybridized carbons (Fsp3) is 0.118. The first kappa shape index (κ1) is 15.8. The van der Waals surface area contributed by atoms with Gasteiger partial charge in [0.15, 0.2) is 0 Å². The van der Waals surface area contributed by atoms with Crippen molar-refractivity contribution in [3.05, 3.63) is 65.9 Å². The zero-order valence-electron chi connectivity index (χ0n) is 13.0. The molecule has 0 spiro atoms. The Morgan fingerprint density at radius 1 is 0.957 bits per heavy atom. The number of aryl methyl sites for hydroxylation is 2. The van der Waals surface area contributed by atoms with Crippen molar-refractivity contribution in [2.24, 2.45) is 5.14 Å². The highest BCUT2D eigenvalue weighted by molar-refractivity contribution is 8.22. The minimum absolute atomic E-state index is 0.310. The van der Waals surface area contributed by atoms with Crippen LogP contribution in [0.25, 0.3) is 16.9 Å². The molecule has 0 aliphatic rings. The van der Waals surface area contributed by atoms with E-state index in [2.05, 4.69) is 24.2 Å². The standard InChI is InChI=1S/C17H19N3O2S/c1-12-3-5-14(6-4-12)17-11-13(2)20(19-17)15-7-9-16(10-8-15)23(18,21)22/h3-11,21-22H,18H2,1-2H3. The molecule has 0 saturated heterocycles. The molecule has 2 aromatic carbocycles. The summed E-state index contributed by atoms with van der Waals surface area (Å²) in [6.45, 7) is 4.03. The van der Waals surface area contributed by atoms with Gasteiger partial charge in [0.05, 0.1) is 16.3 Å². The van der Waals surface area contributed by atoms with Crippen LogP contribution in [0.1, 0.15) is 11.3 Å². The van der Waals surface area contributed by atoms with Crippen molar-refractivity contribution in [3.8, 4) is 16.9 Å².